The molecule has 2 fully saturated rings. The smallest absolute Gasteiger partial charge is 0.230 e. The van der Waals surface area contributed by atoms with Crippen LogP contribution in [0.1, 0.15) is 51.4 Å². The highest BCUT2D eigenvalue weighted by molar-refractivity contribution is 6.07. The summed E-state index contributed by atoms with van der Waals surface area (Å²) in [7, 11) is 0. The van der Waals surface area contributed by atoms with Gasteiger partial charge in [-0.2, -0.15) is 0 Å². The molecule has 0 aromatic heterocycles. The lowest BCUT2D eigenvalue weighted by molar-refractivity contribution is -0.126. The molecule has 0 aromatic rings. The maximum absolute atomic E-state index is 12.0. The molecule has 3 aliphatic rings. The lowest BCUT2D eigenvalue weighted by atomic mass is 9.86. The van der Waals surface area contributed by atoms with Crippen LogP contribution < -0.4 is 5.32 Å². The molecule has 0 bridgehead atoms. The fourth-order valence-electron chi connectivity index (χ4n) is 3.24. The zero-order chi connectivity index (χ0) is 10.3. The molecule has 1 atom stereocenters. The van der Waals surface area contributed by atoms with Gasteiger partial charge >= 0.3 is 0 Å². The monoisotopic (exact) mass is 206 g/mol. The van der Waals surface area contributed by atoms with Gasteiger partial charge in [-0.15, -0.1) is 0 Å². The Balaban J connectivity index is 1.91. The quantitative estimate of drug-likeness (QED) is 0.647. The van der Waals surface area contributed by atoms with Gasteiger partial charge in [0, 0.05) is 5.71 Å². The van der Waals surface area contributed by atoms with Gasteiger partial charge in [0.05, 0.1) is 5.92 Å². The summed E-state index contributed by atoms with van der Waals surface area (Å²) in [6, 6.07) is 0. The Hall–Kier alpha value is -0.860. The van der Waals surface area contributed by atoms with Gasteiger partial charge in [0.15, 0.2) is 0 Å². The van der Waals surface area contributed by atoms with E-state index in [0.29, 0.717) is 0 Å². The fourth-order valence-corrected chi connectivity index (χ4v) is 3.24. The summed E-state index contributed by atoms with van der Waals surface area (Å²) in [5.74, 6) is 0.372. The second-order valence-corrected chi connectivity index (χ2v) is 5.13. The van der Waals surface area contributed by atoms with Gasteiger partial charge in [-0.3, -0.25) is 9.79 Å². The Morgan fingerprint density at radius 3 is 2.80 bits per heavy atom. The van der Waals surface area contributed by atoms with Crippen LogP contribution in [-0.2, 0) is 4.79 Å². The third kappa shape index (κ3) is 1.48. The number of nitrogens with zero attached hydrogens (tertiary/aromatic N) is 1. The normalized spacial score (nSPS) is 33.5. The van der Waals surface area contributed by atoms with Crippen LogP contribution in [0.25, 0.3) is 0 Å². The molecule has 15 heavy (non-hydrogen) atoms. The molecule has 3 rings (SSSR count). The maximum atomic E-state index is 12.0. The highest BCUT2D eigenvalue weighted by Crippen LogP contribution is 2.36. The van der Waals surface area contributed by atoms with Crippen molar-refractivity contribution in [3.63, 3.8) is 0 Å². The molecule has 1 amide bonds. The van der Waals surface area contributed by atoms with Gasteiger partial charge in [0.25, 0.3) is 0 Å². The number of fused-ring (bicyclic) bond motifs is 1. The van der Waals surface area contributed by atoms with Crippen LogP contribution in [0.5, 0.6) is 0 Å². The highest BCUT2D eigenvalue weighted by Gasteiger charge is 2.42. The van der Waals surface area contributed by atoms with E-state index in [1.54, 1.807) is 0 Å². The number of rotatable bonds is 0. The molecule has 0 saturated heterocycles. The number of carbonyl (C=O) groups is 1. The molecule has 2 saturated carbocycles. The Morgan fingerprint density at radius 1 is 1.20 bits per heavy atom. The largest absolute Gasteiger partial charge is 0.331 e. The van der Waals surface area contributed by atoms with E-state index in [9.17, 15) is 4.79 Å². The molecule has 1 aliphatic heterocycles. The zero-order valence-corrected chi connectivity index (χ0v) is 9.09. The van der Waals surface area contributed by atoms with E-state index in [1.165, 1.54) is 25.0 Å². The molecule has 1 heterocycles. The van der Waals surface area contributed by atoms with Crippen molar-refractivity contribution in [2.75, 3.05) is 0 Å². The van der Waals surface area contributed by atoms with Crippen molar-refractivity contribution >= 4 is 11.6 Å². The minimum absolute atomic E-state index is 0.123. The second kappa shape index (κ2) is 3.32. The van der Waals surface area contributed by atoms with Crippen LogP contribution in [0, 0.1) is 5.92 Å². The van der Waals surface area contributed by atoms with Crippen LogP contribution in [0.15, 0.2) is 4.99 Å². The van der Waals surface area contributed by atoms with Crippen molar-refractivity contribution in [3.8, 4) is 0 Å². The van der Waals surface area contributed by atoms with Crippen LogP contribution in [-0.4, -0.2) is 17.3 Å². The molecule has 3 nitrogen and oxygen atoms in total. The summed E-state index contributed by atoms with van der Waals surface area (Å²) in [5.41, 5.74) is 1.01. The molecule has 3 heteroatoms. The van der Waals surface area contributed by atoms with E-state index in [4.69, 9.17) is 4.99 Å². The standard InChI is InChI=1S/C12H18N2O/c15-11-9-5-4-6-10(9)13-12(14-11)7-2-1-3-8-12/h9H,1-8H2,(H,14,15). The first kappa shape index (κ1) is 9.37. The lowest BCUT2D eigenvalue weighted by Crippen LogP contribution is -2.55. The summed E-state index contributed by atoms with van der Waals surface area (Å²) >= 11 is 0. The molecular formula is C12H18N2O. The fraction of sp³-hybridized carbons (Fsp3) is 0.833. The molecule has 2 aliphatic carbocycles. The van der Waals surface area contributed by atoms with Gasteiger partial charge in [0.2, 0.25) is 5.91 Å². The third-order valence-electron chi connectivity index (χ3n) is 4.04. The Labute approximate surface area is 90.3 Å². The highest BCUT2D eigenvalue weighted by atomic mass is 16.2. The van der Waals surface area contributed by atoms with E-state index in [-0.39, 0.29) is 17.5 Å². The van der Waals surface area contributed by atoms with Crippen molar-refractivity contribution in [3.05, 3.63) is 0 Å². The van der Waals surface area contributed by atoms with Crippen molar-refractivity contribution in [2.45, 2.75) is 57.0 Å². The first-order valence-electron chi connectivity index (χ1n) is 6.20. The second-order valence-electron chi connectivity index (χ2n) is 5.13. The molecule has 1 N–H and O–H groups in total. The average molecular weight is 206 g/mol. The van der Waals surface area contributed by atoms with Gasteiger partial charge in [-0.05, 0) is 44.9 Å². The molecular weight excluding hydrogens is 188 g/mol. The van der Waals surface area contributed by atoms with Gasteiger partial charge in [-0.1, -0.05) is 6.42 Å². The molecule has 0 aromatic carbocycles. The average Bonchev–Trinajstić information content (AvgIpc) is 2.67. The minimum Gasteiger partial charge on any atom is -0.331 e. The van der Waals surface area contributed by atoms with Crippen molar-refractivity contribution < 1.29 is 4.79 Å². The lowest BCUT2D eigenvalue weighted by Gasteiger charge is -2.39. The number of aliphatic imine (C=N–C) groups is 1. The third-order valence-corrected chi connectivity index (χ3v) is 4.04. The Bertz CT molecular complexity index is 316. The maximum Gasteiger partial charge on any atom is 0.230 e. The summed E-state index contributed by atoms with van der Waals surface area (Å²) in [5, 5.41) is 3.18. The Kier molecular flexibility index (Phi) is 2.08. The number of amides is 1. The van der Waals surface area contributed by atoms with Gasteiger partial charge < -0.3 is 5.32 Å². The first-order valence-corrected chi connectivity index (χ1v) is 6.20. The van der Waals surface area contributed by atoms with E-state index in [1.807, 2.05) is 0 Å². The molecule has 1 unspecified atom stereocenters. The number of hydrogen-bond acceptors (Lipinski definition) is 2. The van der Waals surface area contributed by atoms with Crippen LogP contribution >= 0.6 is 0 Å². The van der Waals surface area contributed by atoms with Crippen molar-refractivity contribution in [2.24, 2.45) is 10.9 Å². The number of hydrogen-bond donors (Lipinski definition) is 1. The van der Waals surface area contributed by atoms with E-state index in [0.717, 1.165) is 32.1 Å². The summed E-state index contributed by atoms with van der Waals surface area (Å²) in [4.78, 5) is 16.8. The van der Waals surface area contributed by atoms with E-state index in [2.05, 4.69) is 5.32 Å². The van der Waals surface area contributed by atoms with Gasteiger partial charge in [-0.25, -0.2) is 0 Å². The van der Waals surface area contributed by atoms with Crippen LogP contribution in [0.2, 0.25) is 0 Å². The SMILES string of the molecule is O=C1NC2(CCCCC2)N=C2CCCC12. The summed E-state index contributed by atoms with van der Waals surface area (Å²) < 4.78 is 0. The Morgan fingerprint density at radius 2 is 2.00 bits per heavy atom. The minimum atomic E-state index is -0.189. The molecule has 0 radical (unpaired) electrons. The first-order chi connectivity index (χ1) is 7.29. The summed E-state index contributed by atoms with van der Waals surface area (Å²) in [6.07, 6.45) is 9.03. The number of nitrogens with one attached hydrogen (secondary N) is 1. The predicted octanol–water partition coefficient (Wildman–Crippen LogP) is 2.02. The van der Waals surface area contributed by atoms with E-state index < -0.39 is 0 Å². The van der Waals surface area contributed by atoms with Crippen molar-refractivity contribution in [1.82, 2.24) is 5.32 Å². The molecule has 1 spiro atoms. The zero-order valence-electron chi connectivity index (χ0n) is 9.09. The van der Waals surface area contributed by atoms with Gasteiger partial charge in [0.1, 0.15) is 5.66 Å². The predicted molar refractivity (Wildman–Crippen MR) is 58.7 cm³/mol. The topological polar surface area (TPSA) is 41.5 Å². The van der Waals surface area contributed by atoms with Crippen LogP contribution in [0.3, 0.4) is 0 Å². The number of carbonyl (C=O) groups excluding carboxylic acids is 1. The molecule has 82 valence electrons. The van der Waals surface area contributed by atoms with Crippen molar-refractivity contribution in [1.29, 1.82) is 0 Å². The van der Waals surface area contributed by atoms with E-state index >= 15 is 0 Å². The van der Waals surface area contributed by atoms with Crippen LogP contribution in [0.4, 0.5) is 0 Å². The summed E-state index contributed by atoms with van der Waals surface area (Å²) in [6.45, 7) is 0.